The van der Waals surface area contributed by atoms with Crippen LogP contribution in [0.4, 0.5) is 0 Å². The molecule has 0 aromatic carbocycles. The quantitative estimate of drug-likeness (QED) is 0.178. The normalized spacial score (nSPS) is 13.8. The van der Waals surface area contributed by atoms with E-state index in [2.05, 4.69) is 69.6 Å². The van der Waals surface area contributed by atoms with Crippen LogP contribution in [0.3, 0.4) is 0 Å². The standard InChI is InChI=1S/C21H41PS2/c1-6-10-16-22(5,17-11-7-2,18-12-8-3)20-14-15-21(24-20)23-19-13-9-4/h14-15H,6-13,16-19H2,1-5H3. The van der Waals surface area contributed by atoms with E-state index in [4.69, 9.17) is 0 Å². The van der Waals surface area contributed by atoms with Crippen molar-refractivity contribution in [2.24, 2.45) is 0 Å². The minimum atomic E-state index is -1.75. The molecule has 0 fully saturated rings. The summed E-state index contributed by atoms with van der Waals surface area (Å²) in [5, 5.41) is 0. The van der Waals surface area contributed by atoms with Crippen LogP contribution >= 0.6 is 29.7 Å². The van der Waals surface area contributed by atoms with Gasteiger partial charge in [-0.1, -0.05) is 0 Å². The molecule has 0 saturated heterocycles. The predicted molar refractivity (Wildman–Crippen MR) is 122 cm³/mol. The summed E-state index contributed by atoms with van der Waals surface area (Å²) < 4.78 is 3.37. The monoisotopic (exact) mass is 388 g/mol. The Labute approximate surface area is 160 Å². The second-order valence-electron chi connectivity index (χ2n) is 7.84. The van der Waals surface area contributed by atoms with Crippen LogP contribution < -0.4 is 4.62 Å². The first-order valence-corrected chi connectivity index (χ1v) is 15.3. The molecule has 1 heterocycles. The van der Waals surface area contributed by atoms with E-state index in [1.807, 2.05) is 0 Å². The van der Waals surface area contributed by atoms with E-state index in [0.717, 1.165) is 0 Å². The summed E-state index contributed by atoms with van der Waals surface area (Å²) in [4.78, 5) is 0. The average Bonchev–Trinajstić information content (AvgIpc) is 3.07. The van der Waals surface area contributed by atoms with Gasteiger partial charge in [0.25, 0.3) is 0 Å². The van der Waals surface area contributed by atoms with Gasteiger partial charge in [-0.05, 0) is 0 Å². The fourth-order valence-corrected chi connectivity index (χ4v) is 13.7. The molecule has 0 radical (unpaired) electrons. The van der Waals surface area contributed by atoms with Crippen LogP contribution in [0.5, 0.6) is 0 Å². The maximum atomic E-state index is 2.75. The molecule has 0 saturated carbocycles. The van der Waals surface area contributed by atoms with Crippen LogP contribution in [0.25, 0.3) is 0 Å². The molecule has 0 spiro atoms. The Balaban J connectivity index is 3.08. The number of thiophene rings is 1. The summed E-state index contributed by atoms with van der Waals surface area (Å²) in [7, 11) is 0. The maximum absolute atomic E-state index is 2.75. The van der Waals surface area contributed by atoms with Crippen molar-refractivity contribution >= 4 is 34.3 Å². The van der Waals surface area contributed by atoms with Crippen molar-refractivity contribution in [1.29, 1.82) is 0 Å². The molecule has 0 aliphatic carbocycles. The first-order chi connectivity index (χ1) is 11.5. The fourth-order valence-electron chi connectivity index (χ4n) is 3.60. The van der Waals surface area contributed by atoms with Gasteiger partial charge in [0.2, 0.25) is 0 Å². The fraction of sp³-hybridized carbons (Fsp3) is 0.810. The second-order valence-corrected chi connectivity index (χ2v) is 17.1. The number of unbranched alkanes of at least 4 members (excludes halogenated alkanes) is 4. The molecule has 0 bridgehead atoms. The van der Waals surface area contributed by atoms with E-state index in [-0.39, 0.29) is 0 Å². The van der Waals surface area contributed by atoms with E-state index < -0.39 is 6.60 Å². The molecule has 1 aromatic heterocycles. The topological polar surface area (TPSA) is 0 Å². The van der Waals surface area contributed by atoms with Crippen molar-refractivity contribution in [3.05, 3.63) is 12.1 Å². The summed E-state index contributed by atoms with van der Waals surface area (Å²) in [5.74, 6) is 1.29. The van der Waals surface area contributed by atoms with Crippen LogP contribution in [-0.4, -0.2) is 30.9 Å². The van der Waals surface area contributed by atoms with Crippen molar-refractivity contribution in [1.82, 2.24) is 0 Å². The van der Waals surface area contributed by atoms with Gasteiger partial charge in [0.1, 0.15) is 0 Å². The summed E-state index contributed by atoms with van der Waals surface area (Å²) in [6.07, 6.45) is 15.4. The Morgan fingerprint density at radius 3 is 1.75 bits per heavy atom. The molecular weight excluding hydrogens is 347 g/mol. The molecule has 142 valence electrons. The zero-order valence-corrected chi connectivity index (χ0v) is 19.4. The van der Waals surface area contributed by atoms with Crippen molar-refractivity contribution in [2.45, 2.75) is 83.3 Å². The molecule has 0 unspecified atom stereocenters. The Morgan fingerprint density at radius 1 is 0.792 bits per heavy atom. The molecular formula is C21H41PS2. The van der Waals surface area contributed by atoms with Crippen molar-refractivity contribution in [3.63, 3.8) is 0 Å². The third-order valence-corrected chi connectivity index (χ3v) is 16.1. The summed E-state index contributed by atoms with van der Waals surface area (Å²) in [6, 6.07) is 4.98. The molecule has 0 atom stereocenters. The average molecular weight is 389 g/mol. The van der Waals surface area contributed by atoms with Gasteiger partial charge in [-0.3, -0.25) is 0 Å². The van der Waals surface area contributed by atoms with Crippen molar-refractivity contribution in [2.75, 3.05) is 30.9 Å². The molecule has 24 heavy (non-hydrogen) atoms. The van der Waals surface area contributed by atoms with Crippen LogP contribution in [-0.2, 0) is 0 Å². The zero-order chi connectivity index (χ0) is 17.9. The van der Waals surface area contributed by atoms with Gasteiger partial charge in [0.05, 0.1) is 0 Å². The van der Waals surface area contributed by atoms with Gasteiger partial charge < -0.3 is 0 Å². The number of hydrogen-bond donors (Lipinski definition) is 0. The van der Waals surface area contributed by atoms with Gasteiger partial charge in [0.15, 0.2) is 0 Å². The van der Waals surface area contributed by atoms with E-state index in [0.29, 0.717) is 0 Å². The van der Waals surface area contributed by atoms with E-state index in [9.17, 15) is 0 Å². The molecule has 1 rings (SSSR count). The number of hydrogen-bond acceptors (Lipinski definition) is 2. The number of thioether (sulfide) groups is 1. The minimum absolute atomic E-state index is 1.29. The third kappa shape index (κ3) is 6.33. The molecule has 0 aliphatic heterocycles. The zero-order valence-electron chi connectivity index (χ0n) is 16.9. The van der Waals surface area contributed by atoms with Crippen LogP contribution in [0.1, 0.15) is 79.1 Å². The van der Waals surface area contributed by atoms with Crippen LogP contribution in [0, 0.1) is 0 Å². The Hall–Kier alpha value is 0.480. The summed E-state index contributed by atoms with van der Waals surface area (Å²) >= 11 is 4.25. The van der Waals surface area contributed by atoms with Crippen LogP contribution in [0.15, 0.2) is 16.3 Å². The molecule has 0 aliphatic rings. The summed E-state index contributed by atoms with van der Waals surface area (Å²) in [5.41, 5.74) is 0. The second kappa shape index (κ2) is 11.2. The van der Waals surface area contributed by atoms with E-state index in [1.165, 1.54) is 75.6 Å². The SMILES string of the molecule is CCCCSc1ccc(P(C)(CCCC)(CCCC)CCCC)s1. The molecule has 3 heteroatoms. The van der Waals surface area contributed by atoms with Gasteiger partial charge in [-0.2, -0.15) is 0 Å². The molecule has 0 nitrogen and oxygen atoms in total. The molecule has 0 amide bonds. The summed E-state index contributed by atoms with van der Waals surface area (Å²) in [6.45, 7) is 10.4. The van der Waals surface area contributed by atoms with Gasteiger partial charge in [-0.15, -0.1) is 0 Å². The van der Waals surface area contributed by atoms with E-state index in [1.54, 1.807) is 8.83 Å². The van der Waals surface area contributed by atoms with Crippen molar-refractivity contribution < 1.29 is 0 Å². The third-order valence-electron chi connectivity index (χ3n) is 5.49. The Morgan fingerprint density at radius 2 is 1.29 bits per heavy atom. The number of rotatable bonds is 14. The predicted octanol–water partition coefficient (Wildman–Crippen LogP) is 7.85. The van der Waals surface area contributed by atoms with E-state index >= 15 is 0 Å². The van der Waals surface area contributed by atoms with Gasteiger partial charge in [-0.25, -0.2) is 0 Å². The van der Waals surface area contributed by atoms with Crippen LogP contribution in [0.2, 0.25) is 0 Å². The van der Waals surface area contributed by atoms with Crippen molar-refractivity contribution in [3.8, 4) is 0 Å². The first-order valence-electron chi connectivity index (χ1n) is 10.3. The Kier molecular flexibility index (Phi) is 10.6. The van der Waals surface area contributed by atoms with Gasteiger partial charge in [0, 0.05) is 0 Å². The molecule has 1 aromatic rings. The van der Waals surface area contributed by atoms with Gasteiger partial charge >= 0.3 is 161 Å². The Bertz CT molecular complexity index is 428. The molecule has 0 N–H and O–H groups in total. The first kappa shape index (κ1) is 22.5.